The molecule has 0 bridgehead atoms. The van der Waals surface area contributed by atoms with Crippen LogP contribution in [0.2, 0.25) is 10.0 Å². The number of benzene rings is 2. The van der Waals surface area contributed by atoms with Crippen LogP contribution in [0.3, 0.4) is 0 Å². The molecule has 0 aromatic heterocycles. The minimum atomic E-state index is 0.734. The Kier molecular flexibility index (Phi) is 4.87. The van der Waals surface area contributed by atoms with Gasteiger partial charge >= 0.3 is 0 Å². The molecule has 1 aliphatic heterocycles. The largest absolute Gasteiger partial charge is 0.368 e. The van der Waals surface area contributed by atoms with Crippen molar-refractivity contribution in [2.75, 3.05) is 31.1 Å². The summed E-state index contributed by atoms with van der Waals surface area (Å²) in [6.07, 6.45) is 0. The van der Waals surface area contributed by atoms with E-state index in [1.54, 1.807) is 0 Å². The van der Waals surface area contributed by atoms with E-state index in [0.29, 0.717) is 0 Å². The first-order valence-corrected chi connectivity index (χ1v) is 8.35. The first-order chi connectivity index (χ1) is 10.6. The van der Waals surface area contributed by atoms with E-state index in [9.17, 15) is 0 Å². The molecule has 5 heteroatoms. The summed E-state index contributed by atoms with van der Waals surface area (Å²) in [5, 5.41) is 1.51. The number of hydrogen-bond donors (Lipinski definition) is 0. The van der Waals surface area contributed by atoms with Gasteiger partial charge in [0.1, 0.15) is 4.99 Å². The lowest BCUT2D eigenvalue weighted by Crippen LogP contribution is -2.48. The normalized spacial score (nSPS) is 15.0. The summed E-state index contributed by atoms with van der Waals surface area (Å²) in [5.74, 6) is 0. The number of nitrogens with zero attached hydrogens (tertiary/aromatic N) is 2. The summed E-state index contributed by atoms with van der Waals surface area (Å²) in [6.45, 7) is 3.70. The van der Waals surface area contributed by atoms with Crippen molar-refractivity contribution < 1.29 is 0 Å². The third kappa shape index (κ3) is 3.54. The molecule has 0 aliphatic carbocycles. The Morgan fingerprint density at radius 2 is 1.55 bits per heavy atom. The van der Waals surface area contributed by atoms with Gasteiger partial charge in [0, 0.05) is 47.5 Å². The monoisotopic (exact) mass is 350 g/mol. The number of piperazine rings is 1. The van der Waals surface area contributed by atoms with Crippen LogP contribution in [0, 0.1) is 0 Å². The molecule has 0 saturated carbocycles. The van der Waals surface area contributed by atoms with Crippen LogP contribution in [-0.2, 0) is 0 Å². The molecule has 114 valence electrons. The molecule has 0 amide bonds. The Morgan fingerprint density at radius 3 is 2.18 bits per heavy atom. The van der Waals surface area contributed by atoms with Crippen LogP contribution in [0.1, 0.15) is 5.56 Å². The third-order valence-electron chi connectivity index (χ3n) is 3.83. The average Bonchev–Trinajstić information content (AvgIpc) is 2.55. The highest BCUT2D eigenvalue weighted by Crippen LogP contribution is 2.21. The molecule has 0 spiro atoms. The Labute approximate surface area is 146 Å². The second kappa shape index (κ2) is 6.86. The van der Waals surface area contributed by atoms with Crippen LogP contribution in [-0.4, -0.2) is 36.1 Å². The lowest BCUT2D eigenvalue weighted by atomic mass is 10.2. The van der Waals surface area contributed by atoms with E-state index in [0.717, 1.165) is 46.8 Å². The van der Waals surface area contributed by atoms with Gasteiger partial charge in [0.15, 0.2) is 0 Å². The van der Waals surface area contributed by atoms with Crippen molar-refractivity contribution in [2.45, 2.75) is 0 Å². The first-order valence-electron chi connectivity index (χ1n) is 7.19. The lowest BCUT2D eigenvalue weighted by molar-refractivity contribution is 0.392. The van der Waals surface area contributed by atoms with Crippen molar-refractivity contribution in [1.82, 2.24) is 4.90 Å². The minimum Gasteiger partial charge on any atom is -0.368 e. The van der Waals surface area contributed by atoms with Crippen LogP contribution in [0.25, 0.3) is 0 Å². The topological polar surface area (TPSA) is 6.48 Å². The molecule has 1 saturated heterocycles. The molecule has 0 unspecified atom stereocenters. The second-order valence-electron chi connectivity index (χ2n) is 5.27. The zero-order valence-corrected chi connectivity index (χ0v) is 14.3. The van der Waals surface area contributed by atoms with Gasteiger partial charge < -0.3 is 9.80 Å². The molecular formula is C17H16Cl2N2S. The summed E-state index contributed by atoms with van der Waals surface area (Å²) in [4.78, 5) is 5.48. The van der Waals surface area contributed by atoms with Crippen LogP contribution >= 0.6 is 35.4 Å². The highest BCUT2D eigenvalue weighted by molar-refractivity contribution is 7.80. The van der Waals surface area contributed by atoms with E-state index in [1.807, 2.05) is 42.5 Å². The number of hydrogen-bond acceptors (Lipinski definition) is 2. The summed E-state index contributed by atoms with van der Waals surface area (Å²) in [6, 6.07) is 15.7. The summed E-state index contributed by atoms with van der Waals surface area (Å²) in [7, 11) is 0. The van der Waals surface area contributed by atoms with Gasteiger partial charge in [0.25, 0.3) is 0 Å². The van der Waals surface area contributed by atoms with Gasteiger partial charge in [-0.2, -0.15) is 0 Å². The van der Waals surface area contributed by atoms with Gasteiger partial charge in [-0.15, -0.1) is 0 Å². The minimum absolute atomic E-state index is 0.734. The van der Waals surface area contributed by atoms with Gasteiger partial charge in [-0.05, 0) is 30.3 Å². The molecule has 0 radical (unpaired) electrons. The molecule has 3 rings (SSSR count). The Bertz CT molecular complexity index is 665. The smallest absolute Gasteiger partial charge is 0.109 e. The lowest BCUT2D eigenvalue weighted by Gasteiger charge is -2.37. The predicted octanol–water partition coefficient (Wildman–Crippen LogP) is 4.49. The molecule has 2 aromatic rings. The fourth-order valence-corrected chi connectivity index (χ4v) is 3.24. The van der Waals surface area contributed by atoms with Crippen LogP contribution in [0.15, 0.2) is 48.5 Å². The highest BCUT2D eigenvalue weighted by Gasteiger charge is 2.20. The number of rotatable bonds is 2. The molecule has 1 fully saturated rings. The molecule has 0 atom stereocenters. The van der Waals surface area contributed by atoms with E-state index in [4.69, 9.17) is 35.4 Å². The van der Waals surface area contributed by atoms with Crippen molar-refractivity contribution in [3.63, 3.8) is 0 Å². The average molecular weight is 351 g/mol. The molecule has 2 nitrogen and oxygen atoms in total. The molecule has 0 N–H and O–H groups in total. The Balaban J connectivity index is 1.64. The Morgan fingerprint density at radius 1 is 0.864 bits per heavy atom. The van der Waals surface area contributed by atoms with Crippen molar-refractivity contribution in [3.8, 4) is 0 Å². The maximum Gasteiger partial charge on any atom is 0.109 e. The van der Waals surface area contributed by atoms with Gasteiger partial charge in [-0.1, -0.05) is 53.6 Å². The number of anilines is 1. The van der Waals surface area contributed by atoms with Crippen LogP contribution in [0.4, 0.5) is 5.69 Å². The van der Waals surface area contributed by atoms with Gasteiger partial charge in [0.2, 0.25) is 0 Å². The maximum absolute atomic E-state index is 6.07. The first kappa shape index (κ1) is 15.6. The second-order valence-corrected chi connectivity index (χ2v) is 6.53. The number of halogens is 2. The molecule has 1 heterocycles. The zero-order chi connectivity index (χ0) is 15.5. The fraction of sp³-hybridized carbons (Fsp3) is 0.235. The standard InChI is InChI=1S/C17H16Cl2N2S/c18-14-6-4-13(5-7-14)17(22)21-10-8-20(9-11-21)16-3-1-2-15(19)12-16/h1-7,12H,8-11H2. The van der Waals surface area contributed by atoms with E-state index in [1.165, 1.54) is 5.69 Å². The zero-order valence-electron chi connectivity index (χ0n) is 12.0. The van der Waals surface area contributed by atoms with Gasteiger partial charge in [-0.3, -0.25) is 0 Å². The van der Waals surface area contributed by atoms with Crippen LogP contribution in [0.5, 0.6) is 0 Å². The highest BCUT2D eigenvalue weighted by atomic mass is 35.5. The SMILES string of the molecule is S=C(c1ccc(Cl)cc1)N1CCN(c2cccc(Cl)c2)CC1. The molecule has 1 aliphatic rings. The third-order valence-corrected chi connectivity index (χ3v) is 4.81. The molecule has 22 heavy (non-hydrogen) atoms. The summed E-state index contributed by atoms with van der Waals surface area (Å²) in [5.41, 5.74) is 2.22. The fourth-order valence-electron chi connectivity index (χ4n) is 2.62. The van der Waals surface area contributed by atoms with Crippen molar-refractivity contribution in [3.05, 3.63) is 64.1 Å². The van der Waals surface area contributed by atoms with Crippen molar-refractivity contribution in [2.24, 2.45) is 0 Å². The van der Waals surface area contributed by atoms with Gasteiger partial charge in [0.05, 0.1) is 0 Å². The van der Waals surface area contributed by atoms with Crippen molar-refractivity contribution >= 4 is 46.1 Å². The Hall–Kier alpha value is -1.29. The quantitative estimate of drug-likeness (QED) is 0.736. The summed E-state index contributed by atoms with van der Waals surface area (Å²) >= 11 is 17.6. The maximum atomic E-state index is 6.07. The molecular weight excluding hydrogens is 335 g/mol. The van der Waals surface area contributed by atoms with E-state index < -0.39 is 0 Å². The van der Waals surface area contributed by atoms with E-state index in [-0.39, 0.29) is 0 Å². The van der Waals surface area contributed by atoms with Crippen molar-refractivity contribution in [1.29, 1.82) is 0 Å². The number of thiocarbonyl (C=S) groups is 1. The van der Waals surface area contributed by atoms with E-state index >= 15 is 0 Å². The molecule has 2 aromatic carbocycles. The van der Waals surface area contributed by atoms with Gasteiger partial charge in [-0.25, -0.2) is 0 Å². The van der Waals surface area contributed by atoms with Crippen LogP contribution < -0.4 is 4.90 Å². The summed E-state index contributed by atoms with van der Waals surface area (Å²) < 4.78 is 0. The van der Waals surface area contributed by atoms with E-state index in [2.05, 4.69) is 15.9 Å². The predicted molar refractivity (Wildman–Crippen MR) is 98.4 cm³/mol.